The lowest BCUT2D eigenvalue weighted by Crippen LogP contribution is -2.32. The highest BCUT2D eigenvalue weighted by Crippen LogP contribution is 2.23. The first kappa shape index (κ1) is 15.7. The van der Waals surface area contributed by atoms with E-state index in [1.165, 1.54) is 0 Å². The van der Waals surface area contributed by atoms with E-state index in [4.69, 9.17) is 0 Å². The van der Waals surface area contributed by atoms with Gasteiger partial charge in [0.25, 0.3) is 0 Å². The van der Waals surface area contributed by atoms with Gasteiger partial charge in [-0.15, -0.1) is 0 Å². The summed E-state index contributed by atoms with van der Waals surface area (Å²) in [6.07, 6.45) is 4.83. The summed E-state index contributed by atoms with van der Waals surface area (Å²) in [6, 6.07) is 11.9. The maximum atomic E-state index is 12.5. The zero-order chi connectivity index (χ0) is 15.2. The van der Waals surface area contributed by atoms with E-state index in [0.29, 0.717) is 6.42 Å². The zero-order valence-electron chi connectivity index (χ0n) is 12.3. The van der Waals surface area contributed by atoms with Crippen LogP contribution in [-0.2, 0) is 11.2 Å². The maximum Gasteiger partial charge on any atom is 0.227 e. The van der Waals surface area contributed by atoms with Gasteiger partial charge in [-0.2, -0.15) is 0 Å². The van der Waals surface area contributed by atoms with E-state index < -0.39 is 0 Å². The lowest BCUT2D eigenvalue weighted by atomic mass is 10.0. The van der Waals surface area contributed by atoms with E-state index in [-0.39, 0.29) is 11.9 Å². The van der Waals surface area contributed by atoms with E-state index >= 15 is 0 Å². The first-order valence-electron chi connectivity index (χ1n) is 7.02. The molecule has 1 aromatic carbocycles. The summed E-state index contributed by atoms with van der Waals surface area (Å²) >= 11 is 3.44. The van der Waals surface area contributed by atoms with Crippen LogP contribution >= 0.6 is 15.9 Å². The molecule has 0 aliphatic heterocycles. The molecule has 0 spiro atoms. The molecule has 1 heterocycles. The number of pyridine rings is 1. The van der Waals surface area contributed by atoms with Gasteiger partial charge in [-0.25, -0.2) is 0 Å². The molecular weight excluding hydrogens is 328 g/mol. The van der Waals surface area contributed by atoms with Crippen molar-refractivity contribution in [2.45, 2.75) is 25.8 Å². The number of hydrogen-bond acceptors (Lipinski definition) is 2. The number of halogens is 1. The first-order chi connectivity index (χ1) is 10.1. The Morgan fingerprint density at radius 2 is 2.00 bits per heavy atom. The Balaban J connectivity index is 2.10. The number of benzene rings is 1. The number of rotatable bonds is 5. The molecule has 0 radical (unpaired) electrons. The maximum absolute atomic E-state index is 12.5. The molecule has 0 N–H and O–H groups in total. The molecule has 21 heavy (non-hydrogen) atoms. The molecule has 0 saturated heterocycles. The van der Waals surface area contributed by atoms with Gasteiger partial charge in [-0.1, -0.05) is 35.0 Å². The van der Waals surface area contributed by atoms with Crippen LogP contribution in [0.15, 0.2) is 53.3 Å². The highest BCUT2D eigenvalue weighted by atomic mass is 79.9. The minimum absolute atomic E-state index is 0.0904. The molecular formula is C17H19BrN2O. The molecule has 0 aliphatic carbocycles. The van der Waals surface area contributed by atoms with Crippen molar-refractivity contribution in [2.24, 2.45) is 0 Å². The van der Waals surface area contributed by atoms with Crippen molar-refractivity contribution in [3.8, 4) is 0 Å². The van der Waals surface area contributed by atoms with Crippen LogP contribution in [0.1, 0.15) is 30.5 Å². The molecule has 0 aliphatic rings. The Morgan fingerprint density at radius 3 is 2.62 bits per heavy atom. The summed E-state index contributed by atoms with van der Waals surface area (Å²) in [5.41, 5.74) is 2.14. The predicted molar refractivity (Wildman–Crippen MR) is 87.9 cm³/mol. The fourth-order valence-electron chi connectivity index (χ4n) is 2.44. The fourth-order valence-corrected chi connectivity index (χ4v) is 2.89. The van der Waals surface area contributed by atoms with Crippen molar-refractivity contribution in [3.05, 3.63) is 64.4 Å². The lowest BCUT2D eigenvalue weighted by Gasteiger charge is -2.27. The van der Waals surface area contributed by atoms with Gasteiger partial charge >= 0.3 is 0 Å². The number of amides is 1. The van der Waals surface area contributed by atoms with Crippen molar-refractivity contribution >= 4 is 21.8 Å². The van der Waals surface area contributed by atoms with Crippen molar-refractivity contribution in [2.75, 3.05) is 7.05 Å². The average Bonchev–Trinajstić information content (AvgIpc) is 2.49. The lowest BCUT2D eigenvalue weighted by molar-refractivity contribution is -0.131. The number of carbonyl (C=O) groups excluding carboxylic acids is 1. The van der Waals surface area contributed by atoms with E-state index in [9.17, 15) is 4.79 Å². The Hall–Kier alpha value is -1.68. The van der Waals surface area contributed by atoms with Gasteiger partial charge in [0.1, 0.15) is 0 Å². The molecule has 4 heteroatoms. The van der Waals surface area contributed by atoms with Gasteiger partial charge in [0, 0.05) is 23.9 Å². The largest absolute Gasteiger partial charge is 0.338 e. The molecule has 3 nitrogen and oxygen atoms in total. The summed E-state index contributed by atoms with van der Waals surface area (Å²) in [5.74, 6) is 0.122. The van der Waals surface area contributed by atoms with Gasteiger partial charge < -0.3 is 4.90 Å². The highest BCUT2D eigenvalue weighted by Gasteiger charge is 2.20. The number of nitrogens with zero attached hydrogens (tertiary/aromatic N) is 2. The van der Waals surface area contributed by atoms with Gasteiger partial charge in [0.05, 0.1) is 12.5 Å². The summed E-state index contributed by atoms with van der Waals surface area (Å²) in [4.78, 5) is 18.4. The van der Waals surface area contributed by atoms with Crippen LogP contribution in [0.5, 0.6) is 0 Å². The number of likely N-dealkylation sites (N-methyl/N-ethyl adjacent to an activating group) is 1. The number of aromatic nitrogens is 1. The Bertz CT molecular complexity index is 601. The number of hydrogen-bond donors (Lipinski definition) is 0. The monoisotopic (exact) mass is 346 g/mol. The third kappa shape index (κ3) is 4.14. The minimum Gasteiger partial charge on any atom is -0.338 e. The Kier molecular flexibility index (Phi) is 5.51. The van der Waals surface area contributed by atoms with Crippen molar-refractivity contribution in [1.29, 1.82) is 0 Å². The summed E-state index contributed by atoms with van der Waals surface area (Å²) in [6.45, 7) is 2.09. The zero-order valence-corrected chi connectivity index (χ0v) is 13.9. The van der Waals surface area contributed by atoms with Crippen LogP contribution in [0.25, 0.3) is 0 Å². The van der Waals surface area contributed by atoms with E-state index in [1.807, 2.05) is 48.3 Å². The summed E-state index contributed by atoms with van der Waals surface area (Å²) < 4.78 is 0.997. The van der Waals surface area contributed by atoms with Crippen LogP contribution in [-0.4, -0.2) is 22.8 Å². The van der Waals surface area contributed by atoms with Gasteiger partial charge in [0.2, 0.25) is 5.91 Å². The fraction of sp³-hybridized carbons (Fsp3) is 0.294. The standard InChI is InChI=1S/C17H19BrN2O/c1-3-16(14-7-9-19-10-8-14)20(2)17(21)12-13-5-4-6-15(18)11-13/h4-11,16H,3,12H2,1-2H3/t16-/m1/s1. The minimum atomic E-state index is 0.0904. The predicted octanol–water partition coefficient (Wildman–Crippen LogP) is 4.00. The van der Waals surface area contributed by atoms with E-state index in [0.717, 1.165) is 22.0 Å². The van der Waals surface area contributed by atoms with Crippen LogP contribution in [0.3, 0.4) is 0 Å². The molecule has 0 fully saturated rings. The molecule has 1 amide bonds. The molecule has 1 aromatic heterocycles. The summed E-state index contributed by atoms with van der Waals surface area (Å²) in [7, 11) is 1.87. The third-order valence-corrected chi connectivity index (χ3v) is 4.08. The second-order valence-corrected chi connectivity index (χ2v) is 5.93. The molecule has 2 rings (SSSR count). The van der Waals surface area contributed by atoms with Crippen LogP contribution in [0.4, 0.5) is 0 Å². The van der Waals surface area contributed by atoms with Crippen LogP contribution in [0.2, 0.25) is 0 Å². The van der Waals surface area contributed by atoms with Crippen LogP contribution < -0.4 is 0 Å². The second kappa shape index (κ2) is 7.36. The normalized spacial score (nSPS) is 12.0. The molecule has 2 aromatic rings. The molecule has 1 atom stereocenters. The smallest absolute Gasteiger partial charge is 0.227 e. The Labute approximate surface area is 134 Å². The summed E-state index contributed by atoms with van der Waals surface area (Å²) in [5, 5.41) is 0. The molecule has 0 saturated carbocycles. The van der Waals surface area contributed by atoms with E-state index in [1.54, 1.807) is 12.4 Å². The SMILES string of the molecule is CC[C@H](c1ccncc1)N(C)C(=O)Cc1cccc(Br)c1. The van der Waals surface area contributed by atoms with Gasteiger partial charge in [-0.05, 0) is 41.8 Å². The Morgan fingerprint density at radius 1 is 1.29 bits per heavy atom. The van der Waals surface area contributed by atoms with E-state index in [2.05, 4.69) is 27.8 Å². The van der Waals surface area contributed by atoms with Crippen molar-refractivity contribution in [3.63, 3.8) is 0 Å². The third-order valence-electron chi connectivity index (χ3n) is 3.58. The van der Waals surface area contributed by atoms with Crippen molar-refractivity contribution in [1.82, 2.24) is 9.88 Å². The number of carbonyl (C=O) groups is 1. The van der Waals surface area contributed by atoms with Crippen LogP contribution in [0, 0.1) is 0 Å². The molecule has 110 valence electrons. The quantitative estimate of drug-likeness (QED) is 0.819. The van der Waals surface area contributed by atoms with Crippen molar-refractivity contribution < 1.29 is 4.79 Å². The van der Waals surface area contributed by atoms with Gasteiger partial charge in [-0.3, -0.25) is 9.78 Å². The topological polar surface area (TPSA) is 33.2 Å². The highest BCUT2D eigenvalue weighted by molar-refractivity contribution is 9.10. The second-order valence-electron chi connectivity index (χ2n) is 5.02. The molecule has 0 bridgehead atoms. The average molecular weight is 347 g/mol. The first-order valence-corrected chi connectivity index (χ1v) is 7.81. The van der Waals surface area contributed by atoms with Gasteiger partial charge in [0.15, 0.2) is 0 Å². The molecule has 0 unspecified atom stereocenters.